The number of hydrogen-bond donors (Lipinski definition) is 0. The summed E-state index contributed by atoms with van der Waals surface area (Å²) in [5, 5.41) is 1.32. The standard InChI is InChI=1S/C35H27BN2S/c1-22-13-16-26(17-14-22)37-29-19-23(2)15-18-28(29)36-33-30(37)20-24(3)21-31(33)38(25-9-5-4-6-10-25)34-27-11-7-8-12-32(27)39-35(34)36/h4-21H,1-3H3. The molecule has 0 saturated heterocycles. The number of nitrogens with zero attached hydrogens (tertiary/aromatic N) is 2. The van der Waals surface area contributed by atoms with Crippen LogP contribution in [0.25, 0.3) is 10.1 Å². The lowest BCUT2D eigenvalue weighted by atomic mass is 9.36. The SMILES string of the molecule is Cc1ccc(N2c3cc(C)ccc3B3c4sc5ccccc5c4N(c4ccccc4)c4cc(C)cc2c43)cc1. The van der Waals surface area contributed by atoms with Crippen molar-refractivity contribution in [3.05, 3.63) is 126 Å². The molecule has 1 aromatic heterocycles. The van der Waals surface area contributed by atoms with Crippen LogP contribution in [0.15, 0.2) is 109 Å². The molecule has 0 bridgehead atoms. The lowest BCUT2D eigenvalue weighted by Gasteiger charge is -2.43. The van der Waals surface area contributed by atoms with Gasteiger partial charge in [-0.15, -0.1) is 11.3 Å². The summed E-state index contributed by atoms with van der Waals surface area (Å²) in [6.45, 7) is 6.77. The molecule has 2 aliphatic heterocycles. The molecule has 0 amide bonds. The number of rotatable bonds is 2. The van der Waals surface area contributed by atoms with Crippen LogP contribution in [0.2, 0.25) is 0 Å². The third-order valence-corrected chi connectivity index (χ3v) is 9.40. The molecule has 0 saturated carbocycles. The first-order chi connectivity index (χ1) is 19.1. The summed E-state index contributed by atoms with van der Waals surface area (Å²) in [5.41, 5.74) is 14.1. The van der Waals surface area contributed by atoms with Crippen molar-refractivity contribution in [2.24, 2.45) is 0 Å². The van der Waals surface area contributed by atoms with E-state index in [1.54, 1.807) is 0 Å². The van der Waals surface area contributed by atoms with Crippen molar-refractivity contribution in [3.8, 4) is 0 Å². The molecule has 6 aromatic rings. The Bertz CT molecular complexity index is 1910. The molecular weight excluding hydrogens is 491 g/mol. The number of aryl methyl sites for hydroxylation is 3. The zero-order valence-electron chi connectivity index (χ0n) is 22.3. The van der Waals surface area contributed by atoms with Gasteiger partial charge in [0.2, 0.25) is 0 Å². The Morgan fingerprint density at radius 1 is 0.564 bits per heavy atom. The van der Waals surface area contributed by atoms with E-state index in [4.69, 9.17) is 0 Å². The Balaban J connectivity index is 1.52. The number of anilines is 6. The average molecular weight is 518 g/mol. The Labute approximate surface area is 233 Å². The van der Waals surface area contributed by atoms with Crippen molar-refractivity contribution < 1.29 is 0 Å². The quantitative estimate of drug-likeness (QED) is 0.215. The molecule has 2 nitrogen and oxygen atoms in total. The van der Waals surface area contributed by atoms with Crippen LogP contribution in [-0.2, 0) is 0 Å². The molecule has 3 heterocycles. The van der Waals surface area contributed by atoms with Crippen molar-refractivity contribution in [2.75, 3.05) is 9.80 Å². The van der Waals surface area contributed by atoms with Crippen LogP contribution in [0.5, 0.6) is 0 Å². The van der Waals surface area contributed by atoms with E-state index in [0.717, 1.165) is 0 Å². The first kappa shape index (κ1) is 22.7. The molecular formula is C35H27BN2S. The average Bonchev–Trinajstić information content (AvgIpc) is 3.33. The second-order valence-corrected chi connectivity index (χ2v) is 11.9. The largest absolute Gasteiger partial charge is 0.311 e. The summed E-state index contributed by atoms with van der Waals surface area (Å²) in [6, 6.07) is 40.5. The second kappa shape index (κ2) is 8.36. The van der Waals surface area contributed by atoms with Gasteiger partial charge in [0.05, 0.1) is 5.69 Å². The van der Waals surface area contributed by atoms with Crippen LogP contribution in [0, 0.1) is 20.8 Å². The predicted molar refractivity (Wildman–Crippen MR) is 170 cm³/mol. The van der Waals surface area contributed by atoms with Gasteiger partial charge in [0.15, 0.2) is 0 Å². The molecule has 5 aromatic carbocycles. The molecule has 0 spiro atoms. The van der Waals surface area contributed by atoms with E-state index in [0.29, 0.717) is 0 Å². The van der Waals surface area contributed by atoms with Crippen molar-refractivity contribution in [3.63, 3.8) is 0 Å². The van der Waals surface area contributed by atoms with Crippen molar-refractivity contribution in [1.29, 1.82) is 0 Å². The van der Waals surface area contributed by atoms with Crippen LogP contribution in [0.1, 0.15) is 16.7 Å². The van der Waals surface area contributed by atoms with E-state index in [-0.39, 0.29) is 6.71 Å². The van der Waals surface area contributed by atoms with E-state index in [1.165, 1.54) is 76.6 Å². The van der Waals surface area contributed by atoms with Gasteiger partial charge in [-0.25, -0.2) is 0 Å². The van der Waals surface area contributed by atoms with E-state index >= 15 is 0 Å². The smallest absolute Gasteiger partial charge is 0.264 e. The zero-order chi connectivity index (χ0) is 26.2. The van der Waals surface area contributed by atoms with Gasteiger partial charge in [0.1, 0.15) is 0 Å². The number of para-hydroxylation sites is 1. The minimum atomic E-state index is 0.181. The van der Waals surface area contributed by atoms with Crippen LogP contribution in [-0.4, -0.2) is 6.71 Å². The predicted octanol–water partition coefficient (Wildman–Crippen LogP) is 7.91. The maximum atomic E-state index is 2.52. The summed E-state index contributed by atoms with van der Waals surface area (Å²) in [6.07, 6.45) is 0. The third-order valence-electron chi connectivity index (χ3n) is 8.18. The molecule has 0 N–H and O–H groups in total. The molecule has 186 valence electrons. The summed E-state index contributed by atoms with van der Waals surface area (Å²) < 4.78 is 2.76. The van der Waals surface area contributed by atoms with Gasteiger partial charge in [-0.05, 0) is 91.4 Å². The molecule has 0 atom stereocenters. The number of thiophene rings is 1. The van der Waals surface area contributed by atoms with Crippen molar-refractivity contribution in [2.45, 2.75) is 20.8 Å². The fourth-order valence-corrected chi connectivity index (χ4v) is 7.81. The van der Waals surface area contributed by atoms with Crippen LogP contribution in [0.3, 0.4) is 0 Å². The molecule has 0 unspecified atom stereocenters. The van der Waals surface area contributed by atoms with E-state index < -0.39 is 0 Å². The number of benzene rings is 5. The van der Waals surface area contributed by atoms with Gasteiger partial charge >= 0.3 is 0 Å². The van der Waals surface area contributed by atoms with Gasteiger partial charge in [-0.2, -0.15) is 0 Å². The molecule has 8 rings (SSSR count). The molecule has 2 aliphatic rings. The molecule has 4 heteroatoms. The van der Waals surface area contributed by atoms with Gasteiger partial charge < -0.3 is 9.80 Å². The normalized spacial score (nSPS) is 13.4. The van der Waals surface area contributed by atoms with E-state index in [1.807, 2.05) is 11.3 Å². The fraction of sp³-hybridized carbons (Fsp3) is 0.0857. The third kappa shape index (κ3) is 3.28. The van der Waals surface area contributed by atoms with Gasteiger partial charge in [0.25, 0.3) is 6.71 Å². The van der Waals surface area contributed by atoms with Crippen LogP contribution in [0.4, 0.5) is 34.1 Å². The van der Waals surface area contributed by atoms with Gasteiger partial charge in [-0.1, -0.05) is 66.2 Å². The minimum absolute atomic E-state index is 0.181. The Kier molecular flexibility index (Phi) is 4.86. The maximum absolute atomic E-state index is 2.52. The fourth-order valence-electron chi connectivity index (χ4n) is 6.49. The maximum Gasteiger partial charge on any atom is 0.264 e. The molecule has 0 radical (unpaired) electrons. The van der Waals surface area contributed by atoms with Crippen LogP contribution < -0.4 is 25.5 Å². The molecule has 0 aliphatic carbocycles. The lowest BCUT2D eigenvalue weighted by Crippen LogP contribution is -2.60. The Morgan fingerprint density at radius 3 is 2.00 bits per heavy atom. The molecule has 39 heavy (non-hydrogen) atoms. The monoisotopic (exact) mass is 518 g/mol. The minimum Gasteiger partial charge on any atom is -0.311 e. The summed E-state index contributed by atoms with van der Waals surface area (Å²) in [4.78, 5) is 5.01. The first-order valence-electron chi connectivity index (χ1n) is 13.6. The van der Waals surface area contributed by atoms with E-state index in [9.17, 15) is 0 Å². The highest BCUT2D eigenvalue weighted by atomic mass is 32.1. The van der Waals surface area contributed by atoms with E-state index in [2.05, 4.69) is 140 Å². The first-order valence-corrected chi connectivity index (χ1v) is 14.4. The highest BCUT2D eigenvalue weighted by Crippen LogP contribution is 2.47. The number of fused-ring (bicyclic) bond motifs is 6. The summed E-state index contributed by atoms with van der Waals surface area (Å²) >= 11 is 1.95. The Morgan fingerprint density at radius 2 is 1.21 bits per heavy atom. The zero-order valence-corrected chi connectivity index (χ0v) is 23.1. The van der Waals surface area contributed by atoms with Gasteiger partial charge in [-0.3, -0.25) is 0 Å². The van der Waals surface area contributed by atoms with Crippen LogP contribution >= 0.6 is 11.3 Å². The second-order valence-electron chi connectivity index (χ2n) is 10.9. The van der Waals surface area contributed by atoms with Crippen molar-refractivity contribution in [1.82, 2.24) is 0 Å². The van der Waals surface area contributed by atoms with Gasteiger partial charge in [0, 0.05) is 43.3 Å². The summed E-state index contributed by atoms with van der Waals surface area (Å²) in [5.74, 6) is 0. The lowest BCUT2D eigenvalue weighted by molar-refractivity contribution is 1.24. The molecule has 0 fully saturated rings. The Hall–Kier alpha value is -4.28. The highest BCUT2D eigenvalue weighted by molar-refractivity contribution is 7.33. The summed E-state index contributed by atoms with van der Waals surface area (Å²) in [7, 11) is 0. The number of hydrogen-bond acceptors (Lipinski definition) is 3. The topological polar surface area (TPSA) is 6.48 Å². The highest BCUT2D eigenvalue weighted by Gasteiger charge is 2.45. The van der Waals surface area contributed by atoms with Crippen molar-refractivity contribution >= 4 is 78.0 Å².